The van der Waals surface area contributed by atoms with Crippen LogP contribution in [0.2, 0.25) is 10.0 Å². The quantitative estimate of drug-likeness (QED) is 0.399. The molecule has 134 valence electrons. The smallest absolute Gasteiger partial charge is 0.419 e. The first-order valence-electron chi connectivity index (χ1n) is 8.19. The summed E-state index contributed by atoms with van der Waals surface area (Å²) in [4.78, 5) is 16.4. The molecule has 0 aliphatic carbocycles. The Balaban J connectivity index is 2.08. The zero-order valence-electron chi connectivity index (χ0n) is 14.3. The summed E-state index contributed by atoms with van der Waals surface area (Å²) in [6, 6.07) is 18.9. The summed E-state index contributed by atoms with van der Waals surface area (Å²) in [5.74, 6) is 0. The number of carbonyl (C=O) groups is 1. The van der Waals surface area contributed by atoms with Crippen molar-refractivity contribution in [2.75, 3.05) is 7.11 Å². The minimum Gasteiger partial charge on any atom is -0.452 e. The third-order valence-corrected chi connectivity index (χ3v) is 5.05. The van der Waals surface area contributed by atoms with Crippen LogP contribution in [0.1, 0.15) is 0 Å². The highest BCUT2D eigenvalue weighted by Crippen LogP contribution is 2.40. The predicted molar refractivity (Wildman–Crippen MR) is 108 cm³/mol. The van der Waals surface area contributed by atoms with Crippen LogP contribution in [0.15, 0.2) is 67.0 Å². The largest absolute Gasteiger partial charge is 0.452 e. The third-order valence-electron chi connectivity index (χ3n) is 4.39. The van der Waals surface area contributed by atoms with Crippen molar-refractivity contribution in [1.82, 2.24) is 9.55 Å². The van der Waals surface area contributed by atoms with Crippen LogP contribution in [0, 0.1) is 0 Å². The zero-order chi connectivity index (χ0) is 19.0. The maximum atomic E-state index is 12.1. The van der Waals surface area contributed by atoms with Crippen LogP contribution in [0.25, 0.3) is 33.3 Å². The first kappa shape index (κ1) is 17.6. The van der Waals surface area contributed by atoms with Crippen LogP contribution >= 0.6 is 23.2 Å². The Labute approximate surface area is 165 Å². The monoisotopic (exact) mass is 396 g/mol. The summed E-state index contributed by atoms with van der Waals surface area (Å²) < 4.78 is 6.21. The molecule has 0 spiro atoms. The molecular weight excluding hydrogens is 383 g/mol. The number of benzene rings is 3. The maximum Gasteiger partial charge on any atom is 0.419 e. The van der Waals surface area contributed by atoms with Crippen LogP contribution < -0.4 is 0 Å². The van der Waals surface area contributed by atoms with E-state index in [9.17, 15) is 4.79 Å². The molecule has 0 saturated carbocycles. The van der Waals surface area contributed by atoms with Gasteiger partial charge in [0, 0.05) is 21.2 Å². The summed E-state index contributed by atoms with van der Waals surface area (Å²) in [6.45, 7) is 0. The molecule has 6 heteroatoms. The van der Waals surface area contributed by atoms with E-state index < -0.39 is 6.09 Å². The lowest BCUT2D eigenvalue weighted by Crippen LogP contribution is -2.09. The summed E-state index contributed by atoms with van der Waals surface area (Å²) >= 11 is 12.9. The number of halogens is 2. The van der Waals surface area contributed by atoms with E-state index >= 15 is 0 Å². The highest BCUT2D eigenvalue weighted by molar-refractivity contribution is 6.34. The fraction of sp³-hybridized carbons (Fsp3) is 0.0476. The number of ether oxygens (including phenoxy) is 1. The van der Waals surface area contributed by atoms with Crippen molar-refractivity contribution in [2.24, 2.45) is 0 Å². The first-order chi connectivity index (χ1) is 13.1. The molecule has 0 fully saturated rings. The van der Waals surface area contributed by atoms with Gasteiger partial charge in [0.05, 0.1) is 18.1 Å². The number of aromatic nitrogens is 2. The summed E-state index contributed by atoms with van der Waals surface area (Å²) in [5, 5.41) is 1.23. The molecule has 3 aromatic carbocycles. The summed E-state index contributed by atoms with van der Waals surface area (Å²) in [7, 11) is 1.33. The Morgan fingerprint density at radius 3 is 2.00 bits per heavy atom. The number of hydrogen-bond donors (Lipinski definition) is 0. The zero-order valence-corrected chi connectivity index (χ0v) is 15.8. The van der Waals surface area contributed by atoms with Gasteiger partial charge in [0.1, 0.15) is 6.33 Å². The normalized spacial score (nSPS) is 10.9. The van der Waals surface area contributed by atoms with Gasteiger partial charge in [0.15, 0.2) is 0 Å². The van der Waals surface area contributed by atoms with Crippen molar-refractivity contribution < 1.29 is 9.53 Å². The molecule has 0 atom stereocenters. The Morgan fingerprint density at radius 1 is 0.889 bits per heavy atom. The minimum atomic E-state index is -0.506. The molecule has 0 aliphatic rings. The SMILES string of the molecule is COC(=O)n1cnc2cc(-c3ccccc3Cl)c(-c3ccccc3Cl)cc21. The maximum absolute atomic E-state index is 12.1. The van der Waals surface area contributed by atoms with E-state index in [2.05, 4.69) is 4.98 Å². The van der Waals surface area contributed by atoms with E-state index in [1.54, 1.807) is 0 Å². The predicted octanol–water partition coefficient (Wildman–Crippen LogP) is 6.29. The van der Waals surface area contributed by atoms with Crippen molar-refractivity contribution in [3.63, 3.8) is 0 Å². The molecule has 0 aliphatic heterocycles. The fourth-order valence-corrected chi connectivity index (χ4v) is 3.58. The van der Waals surface area contributed by atoms with Gasteiger partial charge in [-0.1, -0.05) is 59.6 Å². The van der Waals surface area contributed by atoms with E-state index in [0.29, 0.717) is 21.1 Å². The van der Waals surface area contributed by atoms with Crippen molar-refractivity contribution in [2.45, 2.75) is 0 Å². The molecule has 0 bridgehead atoms. The van der Waals surface area contributed by atoms with Gasteiger partial charge in [-0.05, 0) is 35.4 Å². The molecule has 0 radical (unpaired) electrons. The highest BCUT2D eigenvalue weighted by atomic mass is 35.5. The second-order valence-electron chi connectivity index (χ2n) is 5.93. The van der Waals surface area contributed by atoms with E-state index in [1.807, 2.05) is 60.7 Å². The lowest BCUT2D eigenvalue weighted by molar-refractivity contribution is 0.174. The highest BCUT2D eigenvalue weighted by Gasteiger charge is 2.18. The van der Waals surface area contributed by atoms with Crippen molar-refractivity contribution in [3.8, 4) is 22.3 Å². The van der Waals surface area contributed by atoms with Gasteiger partial charge >= 0.3 is 6.09 Å². The number of imidazole rings is 1. The van der Waals surface area contributed by atoms with Crippen molar-refractivity contribution in [1.29, 1.82) is 0 Å². The van der Waals surface area contributed by atoms with Crippen LogP contribution in [-0.2, 0) is 4.74 Å². The first-order valence-corrected chi connectivity index (χ1v) is 8.95. The molecule has 1 aromatic heterocycles. The molecule has 0 unspecified atom stereocenters. The van der Waals surface area contributed by atoms with Gasteiger partial charge in [-0.15, -0.1) is 0 Å². The fourth-order valence-electron chi connectivity index (χ4n) is 3.10. The van der Waals surface area contributed by atoms with Crippen molar-refractivity contribution in [3.05, 3.63) is 77.0 Å². The molecule has 4 aromatic rings. The lowest BCUT2D eigenvalue weighted by atomic mass is 9.93. The Morgan fingerprint density at radius 2 is 1.44 bits per heavy atom. The van der Waals surface area contributed by atoms with E-state index in [4.69, 9.17) is 27.9 Å². The van der Waals surface area contributed by atoms with E-state index in [1.165, 1.54) is 18.0 Å². The van der Waals surface area contributed by atoms with E-state index in [-0.39, 0.29) is 0 Å². The number of rotatable bonds is 2. The molecular formula is C21H14Cl2N2O2. The molecule has 0 saturated heterocycles. The second kappa shape index (κ2) is 7.06. The summed E-state index contributed by atoms with van der Waals surface area (Å²) in [6.07, 6.45) is 0.941. The molecule has 1 heterocycles. The third kappa shape index (κ3) is 3.07. The Hall–Kier alpha value is -2.82. The van der Waals surface area contributed by atoms with Crippen LogP contribution in [-0.4, -0.2) is 22.8 Å². The lowest BCUT2D eigenvalue weighted by Gasteiger charge is -2.14. The molecule has 0 N–H and O–H groups in total. The standard InChI is InChI=1S/C21H14Cl2N2O2/c1-27-21(26)25-12-24-19-10-15(13-6-2-4-8-17(13)22)16(11-20(19)25)14-7-3-5-9-18(14)23/h2-12H,1H3. The van der Waals surface area contributed by atoms with E-state index in [0.717, 1.165) is 22.3 Å². The van der Waals surface area contributed by atoms with Crippen molar-refractivity contribution >= 4 is 40.3 Å². The Bertz CT molecular complexity index is 1170. The van der Waals surface area contributed by atoms with Crippen LogP contribution in [0.4, 0.5) is 4.79 Å². The van der Waals surface area contributed by atoms with Crippen LogP contribution in [0.5, 0.6) is 0 Å². The number of hydrogen-bond acceptors (Lipinski definition) is 3. The molecule has 27 heavy (non-hydrogen) atoms. The van der Waals surface area contributed by atoms with Gasteiger partial charge < -0.3 is 4.74 Å². The summed E-state index contributed by atoms with van der Waals surface area (Å²) in [5.41, 5.74) is 4.74. The average molecular weight is 397 g/mol. The number of fused-ring (bicyclic) bond motifs is 1. The van der Waals surface area contributed by atoms with Gasteiger partial charge in [-0.25, -0.2) is 14.3 Å². The average Bonchev–Trinajstić information content (AvgIpc) is 3.10. The van der Waals surface area contributed by atoms with Gasteiger partial charge in [-0.3, -0.25) is 0 Å². The Kier molecular flexibility index (Phi) is 4.60. The minimum absolute atomic E-state index is 0.506. The number of carbonyl (C=O) groups excluding carboxylic acids is 1. The molecule has 4 nitrogen and oxygen atoms in total. The second-order valence-corrected chi connectivity index (χ2v) is 6.75. The number of methoxy groups -OCH3 is 1. The van der Waals surface area contributed by atoms with Gasteiger partial charge in [0.25, 0.3) is 0 Å². The van der Waals surface area contributed by atoms with Gasteiger partial charge in [0.2, 0.25) is 0 Å². The molecule has 0 amide bonds. The number of nitrogens with zero attached hydrogens (tertiary/aromatic N) is 2. The topological polar surface area (TPSA) is 44.1 Å². The van der Waals surface area contributed by atoms with Gasteiger partial charge in [-0.2, -0.15) is 0 Å². The van der Waals surface area contributed by atoms with Crippen LogP contribution in [0.3, 0.4) is 0 Å². The molecule has 4 rings (SSSR count).